The number of hydrazine groups is 1. The van der Waals surface area contributed by atoms with Crippen molar-refractivity contribution in [1.82, 2.24) is 0 Å². The second-order valence-electron chi connectivity index (χ2n) is 2.09. The Bertz CT molecular complexity index is 255. The van der Waals surface area contributed by atoms with Crippen LogP contribution in [-0.4, -0.2) is 5.91 Å². The molecule has 1 aromatic rings. The first-order valence-electron chi connectivity index (χ1n) is 3.10. The zero-order chi connectivity index (χ0) is 8.27. The van der Waals surface area contributed by atoms with Crippen molar-refractivity contribution >= 4 is 11.6 Å². The van der Waals surface area contributed by atoms with Gasteiger partial charge in [0.05, 0.1) is 0 Å². The van der Waals surface area contributed by atoms with Crippen molar-refractivity contribution in [3.8, 4) is 0 Å². The van der Waals surface area contributed by atoms with E-state index in [9.17, 15) is 4.79 Å². The van der Waals surface area contributed by atoms with E-state index >= 15 is 0 Å². The fourth-order valence-corrected chi connectivity index (χ4v) is 0.731. The third-order valence-electron chi connectivity index (χ3n) is 1.34. The molecule has 4 nitrogen and oxygen atoms in total. The second kappa shape index (κ2) is 3.03. The van der Waals surface area contributed by atoms with Crippen LogP contribution in [0.4, 0.5) is 5.69 Å². The quantitative estimate of drug-likeness (QED) is 0.413. The number of amides is 1. The maximum absolute atomic E-state index is 10.6. The lowest BCUT2D eigenvalue weighted by Crippen LogP contribution is -2.11. The number of nitrogens with two attached hydrogens (primary N) is 2. The first-order chi connectivity index (χ1) is 5.24. The molecule has 58 valence electrons. The summed E-state index contributed by atoms with van der Waals surface area (Å²) in [5.41, 5.74) is 8.68. The number of nitrogens with one attached hydrogen (secondary N) is 1. The Kier molecular flexibility index (Phi) is 2.08. The van der Waals surface area contributed by atoms with Crippen LogP contribution < -0.4 is 17.0 Å². The van der Waals surface area contributed by atoms with Gasteiger partial charge in [0.1, 0.15) is 0 Å². The number of hydrogen-bond donors (Lipinski definition) is 3. The molecule has 0 unspecified atom stereocenters. The number of carbonyl (C=O) groups is 1. The Hall–Kier alpha value is -1.55. The number of anilines is 1. The average molecular weight is 151 g/mol. The summed E-state index contributed by atoms with van der Waals surface area (Å²) in [5.74, 6) is 4.67. The van der Waals surface area contributed by atoms with Crippen molar-refractivity contribution in [2.24, 2.45) is 11.6 Å². The van der Waals surface area contributed by atoms with Gasteiger partial charge in [0, 0.05) is 11.3 Å². The molecule has 0 aromatic heterocycles. The van der Waals surface area contributed by atoms with Crippen molar-refractivity contribution in [3.05, 3.63) is 29.8 Å². The lowest BCUT2D eigenvalue weighted by atomic mass is 10.2. The van der Waals surface area contributed by atoms with Crippen LogP contribution in [0.15, 0.2) is 24.3 Å². The predicted molar refractivity (Wildman–Crippen MR) is 42.8 cm³/mol. The van der Waals surface area contributed by atoms with E-state index in [0.717, 1.165) is 5.69 Å². The summed E-state index contributed by atoms with van der Waals surface area (Å²) in [6.07, 6.45) is 0. The molecule has 0 atom stereocenters. The Morgan fingerprint density at radius 3 is 2.18 bits per heavy atom. The van der Waals surface area contributed by atoms with Gasteiger partial charge in [0.2, 0.25) is 5.91 Å². The van der Waals surface area contributed by atoms with Crippen molar-refractivity contribution in [2.45, 2.75) is 0 Å². The van der Waals surface area contributed by atoms with E-state index in [1.807, 2.05) is 0 Å². The van der Waals surface area contributed by atoms with Crippen LogP contribution in [0.1, 0.15) is 10.4 Å². The lowest BCUT2D eigenvalue weighted by molar-refractivity contribution is 0.100. The number of primary amides is 1. The first kappa shape index (κ1) is 7.56. The average Bonchev–Trinajstić information content (AvgIpc) is 2.05. The molecule has 0 fully saturated rings. The highest BCUT2D eigenvalue weighted by molar-refractivity contribution is 5.93. The summed E-state index contributed by atoms with van der Waals surface area (Å²) in [5, 5.41) is 0. The highest BCUT2D eigenvalue weighted by Crippen LogP contribution is 2.06. The molecule has 0 aliphatic carbocycles. The molecule has 4 heteroatoms. The van der Waals surface area contributed by atoms with E-state index in [1.54, 1.807) is 24.3 Å². The molecule has 1 rings (SSSR count). The number of nitrogen functional groups attached to an aromatic ring is 1. The number of rotatable bonds is 2. The van der Waals surface area contributed by atoms with E-state index in [2.05, 4.69) is 5.43 Å². The van der Waals surface area contributed by atoms with Crippen molar-refractivity contribution in [3.63, 3.8) is 0 Å². The van der Waals surface area contributed by atoms with E-state index in [0.29, 0.717) is 5.56 Å². The summed E-state index contributed by atoms with van der Waals surface area (Å²) in [6, 6.07) is 6.58. The maximum Gasteiger partial charge on any atom is 0.248 e. The van der Waals surface area contributed by atoms with Crippen LogP contribution in [0.3, 0.4) is 0 Å². The minimum absolute atomic E-state index is 0.437. The second-order valence-corrected chi connectivity index (χ2v) is 2.09. The first-order valence-corrected chi connectivity index (χ1v) is 3.10. The van der Waals surface area contributed by atoms with Crippen molar-refractivity contribution < 1.29 is 4.79 Å². The Labute approximate surface area is 64.2 Å². The van der Waals surface area contributed by atoms with Crippen LogP contribution in [0.25, 0.3) is 0 Å². The zero-order valence-electron chi connectivity index (χ0n) is 5.87. The van der Waals surface area contributed by atoms with Crippen molar-refractivity contribution in [2.75, 3.05) is 5.43 Å². The standard InChI is InChI=1S/C7H9N3O/c8-7(11)5-1-3-6(10-9)4-2-5/h1-4,10H,9H2,(H2,8,11). The molecule has 0 radical (unpaired) electrons. The molecule has 0 heterocycles. The summed E-state index contributed by atoms with van der Waals surface area (Å²) in [4.78, 5) is 10.6. The van der Waals surface area contributed by atoms with E-state index in [1.165, 1.54) is 0 Å². The predicted octanol–water partition coefficient (Wildman–Crippen LogP) is 0.0711. The Balaban J connectivity index is 2.91. The van der Waals surface area contributed by atoms with Gasteiger partial charge >= 0.3 is 0 Å². The van der Waals surface area contributed by atoms with E-state index < -0.39 is 5.91 Å². The molecule has 0 aliphatic rings. The van der Waals surface area contributed by atoms with Crippen LogP contribution in [0.2, 0.25) is 0 Å². The number of hydrogen-bond acceptors (Lipinski definition) is 3. The van der Waals surface area contributed by atoms with Crippen molar-refractivity contribution in [1.29, 1.82) is 0 Å². The summed E-state index contributed by atoms with van der Waals surface area (Å²) in [7, 11) is 0. The molecule has 0 bridgehead atoms. The third kappa shape index (κ3) is 1.68. The largest absolute Gasteiger partial charge is 0.366 e. The Morgan fingerprint density at radius 1 is 1.27 bits per heavy atom. The van der Waals surface area contributed by atoms with E-state index in [-0.39, 0.29) is 0 Å². The highest BCUT2D eigenvalue weighted by Gasteiger charge is 1.97. The minimum Gasteiger partial charge on any atom is -0.366 e. The van der Waals surface area contributed by atoms with Gasteiger partial charge in [0.25, 0.3) is 0 Å². The van der Waals surface area contributed by atoms with Gasteiger partial charge in [-0.15, -0.1) is 0 Å². The number of benzene rings is 1. The van der Waals surface area contributed by atoms with Gasteiger partial charge in [-0.3, -0.25) is 10.6 Å². The van der Waals surface area contributed by atoms with Gasteiger partial charge in [-0.2, -0.15) is 0 Å². The lowest BCUT2D eigenvalue weighted by Gasteiger charge is -1.98. The van der Waals surface area contributed by atoms with Crippen LogP contribution in [-0.2, 0) is 0 Å². The molecule has 0 saturated carbocycles. The monoisotopic (exact) mass is 151 g/mol. The maximum atomic E-state index is 10.6. The molecule has 11 heavy (non-hydrogen) atoms. The molecule has 0 spiro atoms. The SMILES string of the molecule is NNc1ccc(C(N)=O)cc1. The Morgan fingerprint density at radius 2 is 1.82 bits per heavy atom. The highest BCUT2D eigenvalue weighted by atomic mass is 16.1. The van der Waals surface area contributed by atoms with Gasteiger partial charge in [0.15, 0.2) is 0 Å². The van der Waals surface area contributed by atoms with Gasteiger partial charge in [-0.1, -0.05) is 0 Å². The van der Waals surface area contributed by atoms with Gasteiger partial charge in [-0.05, 0) is 24.3 Å². The van der Waals surface area contributed by atoms with Crippen LogP contribution >= 0.6 is 0 Å². The third-order valence-corrected chi connectivity index (χ3v) is 1.34. The fourth-order valence-electron chi connectivity index (χ4n) is 0.731. The molecular weight excluding hydrogens is 142 g/mol. The van der Waals surface area contributed by atoms with Crippen LogP contribution in [0.5, 0.6) is 0 Å². The molecule has 1 aromatic carbocycles. The zero-order valence-corrected chi connectivity index (χ0v) is 5.87. The molecule has 0 aliphatic heterocycles. The molecular formula is C7H9N3O. The topological polar surface area (TPSA) is 81.1 Å². The van der Waals surface area contributed by atoms with E-state index in [4.69, 9.17) is 11.6 Å². The minimum atomic E-state index is -0.437. The molecule has 1 amide bonds. The smallest absolute Gasteiger partial charge is 0.248 e. The summed E-state index contributed by atoms with van der Waals surface area (Å²) >= 11 is 0. The molecule has 5 N–H and O–H groups in total. The number of carbonyl (C=O) groups excluding carboxylic acids is 1. The summed E-state index contributed by atoms with van der Waals surface area (Å²) < 4.78 is 0. The molecule has 0 saturated heterocycles. The van der Waals surface area contributed by atoms with Gasteiger partial charge in [-0.25, -0.2) is 0 Å². The summed E-state index contributed by atoms with van der Waals surface area (Å²) in [6.45, 7) is 0. The normalized spacial score (nSPS) is 9.18. The fraction of sp³-hybridized carbons (Fsp3) is 0. The van der Waals surface area contributed by atoms with Crippen LogP contribution in [0, 0.1) is 0 Å². The van der Waals surface area contributed by atoms with Gasteiger partial charge < -0.3 is 11.2 Å².